The monoisotopic (exact) mass is 345 g/mol. The van der Waals surface area contributed by atoms with E-state index in [9.17, 15) is 14.7 Å². The number of halogens is 1. The highest BCUT2D eigenvalue weighted by Crippen LogP contribution is 2.27. The number of amides is 1. The average Bonchev–Trinajstić information content (AvgIpc) is 2.89. The first kappa shape index (κ1) is 15.5. The number of carbonyl (C=O) groups is 2. The number of aryl methyl sites for hydroxylation is 1. The number of aromatic carboxylic acids is 1. The number of nitrogens with one attached hydrogen (secondary N) is 1. The van der Waals surface area contributed by atoms with Crippen molar-refractivity contribution in [3.63, 3.8) is 0 Å². The molecule has 0 saturated carbocycles. The molecule has 116 valence electrons. The molecule has 2 aromatic carbocycles. The maximum absolute atomic E-state index is 12.4. The lowest BCUT2D eigenvalue weighted by Gasteiger charge is -2.09. The van der Waals surface area contributed by atoms with Gasteiger partial charge in [0.25, 0.3) is 5.91 Å². The molecule has 0 fully saturated rings. The van der Waals surface area contributed by atoms with Gasteiger partial charge in [-0.25, -0.2) is 4.79 Å². The van der Waals surface area contributed by atoms with Crippen molar-refractivity contribution in [2.24, 2.45) is 0 Å². The number of fused-ring (bicyclic) bond motifs is 1. The van der Waals surface area contributed by atoms with Gasteiger partial charge in [0.1, 0.15) is 0 Å². The van der Waals surface area contributed by atoms with Gasteiger partial charge in [0.05, 0.1) is 11.3 Å². The standard InChI is InChI=1S/C17H12ClNO3S/c1-9-8-23-15-5-2-10(6-12(9)15)16(20)19-14-4-3-11(18)7-13(14)17(21)22/h2-8H,1H3,(H,19,20)(H,21,22). The van der Waals surface area contributed by atoms with Crippen molar-refractivity contribution < 1.29 is 14.7 Å². The number of rotatable bonds is 3. The molecule has 1 aromatic heterocycles. The van der Waals surface area contributed by atoms with Crippen molar-refractivity contribution >= 4 is 50.6 Å². The van der Waals surface area contributed by atoms with Gasteiger partial charge in [0, 0.05) is 15.3 Å². The quantitative estimate of drug-likeness (QED) is 0.715. The largest absolute Gasteiger partial charge is 0.478 e. The fourth-order valence-electron chi connectivity index (χ4n) is 2.29. The summed E-state index contributed by atoms with van der Waals surface area (Å²) in [5, 5.41) is 15.2. The summed E-state index contributed by atoms with van der Waals surface area (Å²) in [6.45, 7) is 1.99. The van der Waals surface area contributed by atoms with E-state index in [0.717, 1.165) is 15.6 Å². The van der Waals surface area contributed by atoms with Crippen LogP contribution in [0.25, 0.3) is 10.1 Å². The van der Waals surface area contributed by atoms with Crippen LogP contribution in [0.2, 0.25) is 5.02 Å². The molecule has 0 aliphatic rings. The predicted molar refractivity (Wildman–Crippen MR) is 92.9 cm³/mol. The Kier molecular flexibility index (Phi) is 4.07. The SMILES string of the molecule is Cc1csc2ccc(C(=O)Nc3ccc(Cl)cc3C(=O)O)cc12. The Balaban J connectivity index is 1.94. The third-order valence-corrected chi connectivity index (χ3v) is 4.81. The molecule has 0 saturated heterocycles. The summed E-state index contributed by atoms with van der Waals surface area (Å²) in [5.41, 5.74) is 1.76. The first-order chi connectivity index (χ1) is 11.0. The number of benzene rings is 2. The van der Waals surface area contributed by atoms with Gasteiger partial charge >= 0.3 is 5.97 Å². The molecule has 0 spiro atoms. The van der Waals surface area contributed by atoms with Crippen LogP contribution >= 0.6 is 22.9 Å². The molecule has 0 atom stereocenters. The van der Waals surface area contributed by atoms with Crippen LogP contribution in [0.3, 0.4) is 0 Å². The maximum Gasteiger partial charge on any atom is 0.337 e. The third-order valence-electron chi connectivity index (χ3n) is 3.49. The van der Waals surface area contributed by atoms with Crippen molar-refractivity contribution in [2.45, 2.75) is 6.92 Å². The summed E-state index contributed by atoms with van der Waals surface area (Å²) in [6, 6.07) is 9.76. The first-order valence-electron chi connectivity index (χ1n) is 6.78. The van der Waals surface area contributed by atoms with Crippen molar-refractivity contribution in [2.75, 3.05) is 5.32 Å². The molecule has 23 heavy (non-hydrogen) atoms. The number of hydrogen-bond acceptors (Lipinski definition) is 3. The summed E-state index contributed by atoms with van der Waals surface area (Å²) in [4.78, 5) is 23.7. The lowest BCUT2D eigenvalue weighted by atomic mass is 10.1. The van der Waals surface area contributed by atoms with Gasteiger partial charge in [0.15, 0.2) is 0 Å². The van der Waals surface area contributed by atoms with E-state index in [0.29, 0.717) is 10.6 Å². The minimum Gasteiger partial charge on any atom is -0.478 e. The number of thiophene rings is 1. The summed E-state index contributed by atoms with van der Waals surface area (Å²) in [7, 11) is 0. The predicted octanol–water partition coefficient (Wildman–Crippen LogP) is 4.81. The second kappa shape index (κ2) is 6.02. The summed E-state index contributed by atoms with van der Waals surface area (Å²) >= 11 is 7.43. The molecule has 3 aromatic rings. The summed E-state index contributed by atoms with van der Waals surface area (Å²) in [6.07, 6.45) is 0. The fourth-order valence-corrected chi connectivity index (χ4v) is 3.39. The zero-order valence-corrected chi connectivity index (χ0v) is 13.7. The number of carboxylic acids is 1. The lowest BCUT2D eigenvalue weighted by molar-refractivity contribution is 0.0698. The normalized spacial score (nSPS) is 10.7. The molecule has 3 rings (SSSR count). The van der Waals surface area contributed by atoms with Crippen LogP contribution in [-0.2, 0) is 0 Å². The second-order valence-electron chi connectivity index (χ2n) is 5.08. The lowest BCUT2D eigenvalue weighted by Crippen LogP contribution is -2.14. The van der Waals surface area contributed by atoms with E-state index in [1.165, 1.54) is 18.2 Å². The second-order valence-corrected chi connectivity index (χ2v) is 6.43. The van der Waals surface area contributed by atoms with Crippen molar-refractivity contribution in [3.8, 4) is 0 Å². The van der Waals surface area contributed by atoms with E-state index in [1.807, 2.05) is 24.4 Å². The molecule has 0 aliphatic heterocycles. The molecule has 1 amide bonds. The zero-order chi connectivity index (χ0) is 16.6. The number of carbonyl (C=O) groups excluding carboxylic acids is 1. The zero-order valence-electron chi connectivity index (χ0n) is 12.1. The average molecular weight is 346 g/mol. The first-order valence-corrected chi connectivity index (χ1v) is 8.03. The van der Waals surface area contributed by atoms with Crippen LogP contribution in [0.1, 0.15) is 26.3 Å². The molecule has 0 bridgehead atoms. The smallest absolute Gasteiger partial charge is 0.337 e. The molecule has 0 unspecified atom stereocenters. The van der Waals surface area contributed by atoms with E-state index in [2.05, 4.69) is 5.32 Å². The highest BCUT2D eigenvalue weighted by molar-refractivity contribution is 7.17. The highest BCUT2D eigenvalue weighted by Gasteiger charge is 2.15. The van der Waals surface area contributed by atoms with Gasteiger partial charge in [-0.05, 0) is 59.7 Å². The molecule has 2 N–H and O–H groups in total. The molecular formula is C17H12ClNO3S. The van der Waals surface area contributed by atoms with Crippen LogP contribution in [0.15, 0.2) is 41.8 Å². The minimum atomic E-state index is -1.15. The van der Waals surface area contributed by atoms with Gasteiger partial charge in [-0.15, -0.1) is 11.3 Å². The van der Waals surface area contributed by atoms with Crippen LogP contribution in [-0.4, -0.2) is 17.0 Å². The summed E-state index contributed by atoms with van der Waals surface area (Å²) < 4.78 is 1.11. The molecule has 1 heterocycles. The maximum atomic E-state index is 12.4. The molecule has 6 heteroatoms. The molecule has 0 aliphatic carbocycles. The minimum absolute atomic E-state index is 0.0429. The van der Waals surface area contributed by atoms with E-state index < -0.39 is 5.97 Å². The number of carboxylic acid groups (broad SMARTS) is 1. The van der Waals surface area contributed by atoms with E-state index in [4.69, 9.17) is 11.6 Å². The van der Waals surface area contributed by atoms with Gasteiger partial charge in [0.2, 0.25) is 0 Å². The van der Waals surface area contributed by atoms with Crippen LogP contribution in [0, 0.1) is 6.92 Å². The number of anilines is 1. The van der Waals surface area contributed by atoms with Crippen molar-refractivity contribution in [1.29, 1.82) is 0 Å². The fraction of sp³-hybridized carbons (Fsp3) is 0.0588. The molecule has 4 nitrogen and oxygen atoms in total. The van der Waals surface area contributed by atoms with E-state index in [-0.39, 0.29) is 17.2 Å². The van der Waals surface area contributed by atoms with Crippen molar-refractivity contribution in [1.82, 2.24) is 0 Å². The Hall–Kier alpha value is -2.37. The number of hydrogen-bond donors (Lipinski definition) is 2. The Morgan fingerprint density at radius 1 is 1.17 bits per heavy atom. The van der Waals surface area contributed by atoms with Crippen molar-refractivity contribution in [3.05, 3.63) is 63.5 Å². The van der Waals surface area contributed by atoms with Gasteiger partial charge in [-0.2, -0.15) is 0 Å². The van der Waals surface area contributed by atoms with Gasteiger partial charge in [-0.1, -0.05) is 11.6 Å². The molecular weight excluding hydrogens is 334 g/mol. The van der Waals surface area contributed by atoms with E-state index >= 15 is 0 Å². The third kappa shape index (κ3) is 3.06. The topological polar surface area (TPSA) is 66.4 Å². The van der Waals surface area contributed by atoms with Gasteiger partial charge < -0.3 is 10.4 Å². The Bertz CT molecular complexity index is 933. The Labute approximate surface area is 141 Å². The Morgan fingerprint density at radius 3 is 2.70 bits per heavy atom. The van der Waals surface area contributed by atoms with Crippen LogP contribution < -0.4 is 5.32 Å². The summed E-state index contributed by atoms with van der Waals surface area (Å²) in [5.74, 6) is -1.51. The molecule has 0 radical (unpaired) electrons. The highest BCUT2D eigenvalue weighted by atomic mass is 35.5. The van der Waals surface area contributed by atoms with Gasteiger partial charge in [-0.3, -0.25) is 4.79 Å². The van der Waals surface area contributed by atoms with E-state index in [1.54, 1.807) is 17.4 Å². The van der Waals surface area contributed by atoms with Crippen LogP contribution in [0.4, 0.5) is 5.69 Å². The Morgan fingerprint density at radius 2 is 1.96 bits per heavy atom. The van der Waals surface area contributed by atoms with Crippen LogP contribution in [0.5, 0.6) is 0 Å².